The maximum Gasteiger partial charge on any atom is 0.222 e. The molecule has 0 aromatic carbocycles. The van der Waals surface area contributed by atoms with E-state index in [0.29, 0.717) is 25.4 Å². The molecule has 1 N–H and O–H groups in total. The summed E-state index contributed by atoms with van der Waals surface area (Å²) in [6, 6.07) is 4.05. The van der Waals surface area contributed by atoms with Crippen molar-refractivity contribution in [2.75, 3.05) is 0 Å². The van der Waals surface area contributed by atoms with Gasteiger partial charge in [-0.2, -0.15) is 10.2 Å². The fraction of sp³-hybridized carbons (Fsp3) is 0.500. The SMILES string of the molecule is Cc1ccn(CCC(=O)NC2CC(c3nnc(Cn4cccn4)n3C)C2)n1. The molecule has 0 radical (unpaired) electrons. The van der Waals surface area contributed by atoms with Crippen molar-refractivity contribution in [1.29, 1.82) is 0 Å². The first-order valence-electron chi connectivity index (χ1n) is 9.23. The summed E-state index contributed by atoms with van der Waals surface area (Å²) in [5.74, 6) is 2.28. The smallest absolute Gasteiger partial charge is 0.222 e. The highest BCUT2D eigenvalue weighted by molar-refractivity contribution is 5.76. The van der Waals surface area contributed by atoms with Gasteiger partial charge in [0.2, 0.25) is 5.91 Å². The number of hydrogen-bond donors (Lipinski definition) is 1. The molecule has 1 saturated carbocycles. The van der Waals surface area contributed by atoms with Crippen LogP contribution in [0.15, 0.2) is 30.7 Å². The zero-order valence-electron chi connectivity index (χ0n) is 15.6. The van der Waals surface area contributed by atoms with Gasteiger partial charge in [-0.3, -0.25) is 14.2 Å². The number of hydrogen-bond acceptors (Lipinski definition) is 5. The fourth-order valence-electron chi connectivity index (χ4n) is 3.46. The van der Waals surface area contributed by atoms with Crippen LogP contribution in [0.5, 0.6) is 0 Å². The van der Waals surface area contributed by atoms with Crippen LogP contribution in [-0.4, -0.2) is 46.3 Å². The van der Waals surface area contributed by atoms with Crippen molar-refractivity contribution >= 4 is 5.91 Å². The van der Waals surface area contributed by atoms with Crippen LogP contribution in [0.1, 0.15) is 42.5 Å². The molecule has 1 fully saturated rings. The molecule has 142 valence electrons. The molecular weight excluding hydrogens is 344 g/mol. The molecule has 0 spiro atoms. The van der Waals surface area contributed by atoms with Gasteiger partial charge in [0.15, 0.2) is 5.82 Å². The van der Waals surface area contributed by atoms with Crippen molar-refractivity contribution < 1.29 is 4.79 Å². The molecule has 4 rings (SSSR count). The van der Waals surface area contributed by atoms with Crippen LogP contribution in [0.4, 0.5) is 0 Å². The molecule has 3 heterocycles. The van der Waals surface area contributed by atoms with Gasteiger partial charge >= 0.3 is 0 Å². The summed E-state index contributed by atoms with van der Waals surface area (Å²) in [5.41, 5.74) is 0.966. The number of nitrogens with one attached hydrogen (secondary N) is 1. The first-order valence-corrected chi connectivity index (χ1v) is 9.23. The maximum absolute atomic E-state index is 12.1. The van der Waals surface area contributed by atoms with Crippen LogP contribution >= 0.6 is 0 Å². The number of carbonyl (C=O) groups excluding carboxylic acids is 1. The number of nitrogens with zero attached hydrogens (tertiary/aromatic N) is 7. The van der Waals surface area contributed by atoms with E-state index in [1.54, 1.807) is 10.9 Å². The molecule has 1 aliphatic carbocycles. The molecule has 1 aliphatic rings. The lowest BCUT2D eigenvalue weighted by molar-refractivity contribution is -0.122. The molecule has 9 nitrogen and oxygen atoms in total. The quantitative estimate of drug-likeness (QED) is 0.672. The van der Waals surface area contributed by atoms with Gasteiger partial charge in [0, 0.05) is 50.6 Å². The Morgan fingerprint density at radius 1 is 1.26 bits per heavy atom. The molecule has 27 heavy (non-hydrogen) atoms. The summed E-state index contributed by atoms with van der Waals surface area (Å²) in [4.78, 5) is 12.1. The molecule has 0 saturated heterocycles. The van der Waals surface area contributed by atoms with Gasteiger partial charge in [0.1, 0.15) is 12.4 Å². The van der Waals surface area contributed by atoms with Crippen LogP contribution in [0, 0.1) is 6.92 Å². The minimum absolute atomic E-state index is 0.0731. The van der Waals surface area contributed by atoms with Crippen molar-refractivity contribution in [1.82, 2.24) is 39.6 Å². The second-order valence-corrected chi connectivity index (χ2v) is 7.14. The van der Waals surface area contributed by atoms with Gasteiger partial charge in [-0.15, -0.1) is 10.2 Å². The van der Waals surface area contributed by atoms with Gasteiger partial charge in [-0.05, 0) is 31.9 Å². The lowest BCUT2D eigenvalue weighted by Crippen LogP contribution is -2.44. The van der Waals surface area contributed by atoms with E-state index in [4.69, 9.17) is 0 Å². The molecular formula is C18H24N8O. The largest absolute Gasteiger partial charge is 0.353 e. The third kappa shape index (κ3) is 3.91. The van der Waals surface area contributed by atoms with E-state index in [9.17, 15) is 4.79 Å². The Labute approximate surface area is 157 Å². The van der Waals surface area contributed by atoms with Crippen LogP contribution in [-0.2, 0) is 24.9 Å². The zero-order chi connectivity index (χ0) is 18.8. The highest BCUT2D eigenvalue weighted by Crippen LogP contribution is 2.35. The predicted molar refractivity (Wildman–Crippen MR) is 97.8 cm³/mol. The summed E-state index contributed by atoms with van der Waals surface area (Å²) < 4.78 is 5.68. The van der Waals surface area contributed by atoms with E-state index >= 15 is 0 Å². The molecule has 0 aliphatic heterocycles. The van der Waals surface area contributed by atoms with E-state index in [-0.39, 0.29) is 11.9 Å². The van der Waals surface area contributed by atoms with Crippen molar-refractivity contribution in [3.63, 3.8) is 0 Å². The summed E-state index contributed by atoms with van der Waals surface area (Å²) in [7, 11) is 1.99. The van der Waals surface area contributed by atoms with Crippen molar-refractivity contribution in [2.45, 2.75) is 51.2 Å². The van der Waals surface area contributed by atoms with E-state index in [1.807, 2.05) is 47.7 Å². The van der Waals surface area contributed by atoms with Gasteiger partial charge < -0.3 is 9.88 Å². The van der Waals surface area contributed by atoms with E-state index in [0.717, 1.165) is 30.2 Å². The van der Waals surface area contributed by atoms with Crippen LogP contribution < -0.4 is 5.32 Å². The number of amides is 1. The highest BCUT2D eigenvalue weighted by Gasteiger charge is 2.34. The third-order valence-electron chi connectivity index (χ3n) is 5.07. The monoisotopic (exact) mass is 368 g/mol. The van der Waals surface area contributed by atoms with Gasteiger partial charge in [0.25, 0.3) is 0 Å². The molecule has 1 amide bonds. The number of carbonyl (C=O) groups is 1. The Bertz CT molecular complexity index is 904. The van der Waals surface area contributed by atoms with Gasteiger partial charge in [0.05, 0.1) is 5.69 Å². The standard InChI is InChI=1S/C18H24N8O/c1-13-4-8-25(23-13)9-5-17(27)20-15-10-14(11-15)18-22-21-16(24(18)2)12-26-7-3-6-19-26/h3-4,6-8,14-15H,5,9-12H2,1-2H3,(H,20,27). The first kappa shape index (κ1) is 17.4. The number of aromatic nitrogens is 7. The Morgan fingerprint density at radius 3 is 2.81 bits per heavy atom. The van der Waals surface area contributed by atoms with E-state index in [1.165, 1.54) is 0 Å². The van der Waals surface area contributed by atoms with Crippen molar-refractivity contribution in [2.24, 2.45) is 7.05 Å². The number of rotatable bonds is 7. The second kappa shape index (κ2) is 7.34. The van der Waals surface area contributed by atoms with Gasteiger partial charge in [-0.1, -0.05) is 0 Å². The van der Waals surface area contributed by atoms with Crippen molar-refractivity contribution in [3.8, 4) is 0 Å². The molecule has 0 unspecified atom stereocenters. The lowest BCUT2D eigenvalue weighted by Gasteiger charge is -2.35. The fourth-order valence-corrected chi connectivity index (χ4v) is 3.46. The summed E-state index contributed by atoms with van der Waals surface area (Å²) in [6.45, 7) is 3.16. The average molecular weight is 368 g/mol. The van der Waals surface area contributed by atoms with Crippen LogP contribution in [0.25, 0.3) is 0 Å². The van der Waals surface area contributed by atoms with Gasteiger partial charge in [-0.25, -0.2) is 0 Å². The Balaban J connectivity index is 1.24. The normalized spacial score (nSPS) is 19.0. The third-order valence-corrected chi connectivity index (χ3v) is 5.07. The summed E-state index contributed by atoms with van der Waals surface area (Å²) in [5, 5.41) is 20.3. The predicted octanol–water partition coefficient (Wildman–Crippen LogP) is 1.02. The second-order valence-electron chi connectivity index (χ2n) is 7.14. The summed E-state index contributed by atoms with van der Waals surface area (Å²) >= 11 is 0. The van der Waals surface area contributed by atoms with E-state index in [2.05, 4.69) is 25.7 Å². The molecule has 9 heteroatoms. The molecule has 0 bridgehead atoms. The Morgan fingerprint density at radius 2 is 2.11 bits per heavy atom. The lowest BCUT2D eigenvalue weighted by atomic mass is 9.79. The molecule has 3 aromatic heterocycles. The Kier molecular flexibility index (Phi) is 4.74. The van der Waals surface area contributed by atoms with Crippen molar-refractivity contribution in [3.05, 3.63) is 48.1 Å². The average Bonchev–Trinajstić information content (AvgIpc) is 3.34. The van der Waals surface area contributed by atoms with Crippen LogP contribution in [0.3, 0.4) is 0 Å². The Hall–Kier alpha value is -2.97. The van der Waals surface area contributed by atoms with E-state index < -0.39 is 0 Å². The highest BCUT2D eigenvalue weighted by atomic mass is 16.1. The topological polar surface area (TPSA) is 95.5 Å². The maximum atomic E-state index is 12.1. The minimum atomic E-state index is 0.0731. The zero-order valence-corrected chi connectivity index (χ0v) is 15.6. The summed E-state index contributed by atoms with van der Waals surface area (Å²) in [6.07, 6.45) is 7.82. The van der Waals surface area contributed by atoms with Crippen LogP contribution in [0.2, 0.25) is 0 Å². The molecule has 3 aromatic rings. The number of aryl methyl sites for hydroxylation is 2. The minimum Gasteiger partial charge on any atom is -0.353 e. The molecule has 0 atom stereocenters. The first-order chi connectivity index (χ1) is 13.1.